The number of amides is 1. The van der Waals surface area contributed by atoms with Crippen molar-refractivity contribution in [1.29, 1.82) is 0 Å². The zero-order valence-corrected chi connectivity index (χ0v) is 18.0. The number of thiazole rings is 1. The number of aromatic amines is 1. The van der Waals surface area contributed by atoms with E-state index in [9.17, 15) is 4.79 Å². The molecule has 1 N–H and O–H groups in total. The molecule has 156 valence electrons. The van der Waals surface area contributed by atoms with E-state index in [1.165, 1.54) is 11.3 Å². The van der Waals surface area contributed by atoms with E-state index in [4.69, 9.17) is 9.72 Å². The third-order valence-electron chi connectivity index (χ3n) is 6.02. The average Bonchev–Trinajstić information content (AvgIpc) is 3.41. The van der Waals surface area contributed by atoms with Crippen LogP contribution in [0.25, 0.3) is 22.4 Å². The van der Waals surface area contributed by atoms with Gasteiger partial charge in [-0.25, -0.2) is 4.98 Å². The van der Waals surface area contributed by atoms with Crippen LogP contribution in [-0.4, -0.2) is 70.7 Å². The molecule has 0 aliphatic carbocycles. The monoisotopic (exact) mass is 423 g/mol. The molecule has 0 atom stereocenters. The van der Waals surface area contributed by atoms with Crippen LogP contribution in [-0.2, 0) is 6.42 Å². The molecular formula is C22H25N5O2S. The van der Waals surface area contributed by atoms with Gasteiger partial charge in [-0.3, -0.25) is 9.89 Å². The van der Waals surface area contributed by atoms with Gasteiger partial charge in [0.15, 0.2) is 5.01 Å². The Morgan fingerprint density at radius 1 is 1.27 bits per heavy atom. The van der Waals surface area contributed by atoms with Crippen LogP contribution in [0.2, 0.25) is 0 Å². The van der Waals surface area contributed by atoms with Crippen molar-refractivity contribution < 1.29 is 9.53 Å². The summed E-state index contributed by atoms with van der Waals surface area (Å²) in [7, 11) is 4.22. The lowest BCUT2D eigenvalue weighted by atomic mass is 10.0. The molecule has 2 aliphatic heterocycles. The summed E-state index contributed by atoms with van der Waals surface area (Å²) in [5.41, 5.74) is 3.90. The standard InChI is InChI=1S/C22H25N5O2S/c1-26(2)16-5-8-27(9-6-16)22(28)21-25-20-17-4-3-14(15-12-23-24-13-15)11-18(17)29-10-7-19(20)30-21/h3-4,11-13,16H,5-10H2,1-2H3,(H,23,24). The van der Waals surface area contributed by atoms with E-state index in [-0.39, 0.29) is 5.91 Å². The first-order chi connectivity index (χ1) is 14.6. The molecule has 4 heterocycles. The summed E-state index contributed by atoms with van der Waals surface area (Å²) in [6.45, 7) is 2.16. The van der Waals surface area contributed by atoms with Crippen molar-refractivity contribution >= 4 is 17.2 Å². The van der Waals surface area contributed by atoms with Crippen LogP contribution >= 0.6 is 11.3 Å². The fourth-order valence-electron chi connectivity index (χ4n) is 4.22. The highest BCUT2D eigenvalue weighted by Gasteiger charge is 2.29. The zero-order valence-electron chi connectivity index (χ0n) is 17.2. The minimum Gasteiger partial charge on any atom is -0.492 e. The van der Waals surface area contributed by atoms with Gasteiger partial charge in [-0.05, 0) is 44.6 Å². The number of carbonyl (C=O) groups excluding carboxylic acids is 1. The third kappa shape index (κ3) is 3.50. The molecule has 2 aromatic heterocycles. The SMILES string of the molecule is CN(C)C1CCN(C(=O)c2nc3c(s2)CCOc2cc(-c4cn[nH]c4)ccc2-3)CC1. The number of nitrogens with one attached hydrogen (secondary N) is 1. The Morgan fingerprint density at radius 2 is 2.10 bits per heavy atom. The van der Waals surface area contributed by atoms with E-state index in [1.54, 1.807) is 6.20 Å². The summed E-state index contributed by atoms with van der Waals surface area (Å²) >= 11 is 1.52. The van der Waals surface area contributed by atoms with E-state index in [2.05, 4.69) is 35.3 Å². The third-order valence-corrected chi connectivity index (χ3v) is 7.12. The summed E-state index contributed by atoms with van der Waals surface area (Å²) in [6, 6.07) is 6.67. The molecule has 30 heavy (non-hydrogen) atoms. The van der Waals surface area contributed by atoms with Crippen molar-refractivity contribution in [2.45, 2.75) is 25.3 Å². The van der Waals surface area contributed by atoms with Crippen molar-refractivity contribution in [1.82, 2.24) is 25.0 Å². The molecule has 1 saturated heterocycles. The van der Waals surface area contributed by atoms with Crippen molar-refractivity contribution in [3.8, 4) is 28.1 Å². The lowest BCUT2D eigenvalue weighted by molar-refractivity contribution is 0.0663. The van der Waals surface area contributed by atoms with Gasteiger partial charge in [0, 0.05) is 47.8 Å². The van der Waals surface area contributed by atoms with Crippen LogP contribution in [0.3, 0.4) is 0 Å². The predicted octanol–water partition coefficient (Wildman–Crippen LogP) is 3.30. The quantitative estimate of drug-likeness (QED) is 0.700. The van der Waals surface area contributed by atoms with Crippen molar-refractivity contribution in [2.24, 2.45) is 0 Å². The minimum atomic E-state index is 0.0581. The number of nitrogens with zero attached hydrogens (tertiary/aromatic N) is 4. The molecular weight excluding hydrogens is 398 g/mol. The number of likely N-dealkylation sites (tertiary alicyclic amines) is 1. The topological polar surface area (TPSA) is 74.3 Å². The number of fused-ring (bicyclic) bond motifs is 3. The molecule has 0 unspecified atom stereocenters. The lowest BCUT2D eigenvalue weighted by Crippen LogP contribution is -2.44. The summed E-state index contributed by atoms with van der Waals surface area (Å²) in [5.74, 6) is 0.867. The van der Waals surface area contributed by atoms with E-state index in [0.29, 0.717) is 17.7 Å². The summed E-state index contributed by atoms with van der Waals surface area (Å²) in [6.07, 6.45) is 6.44. The predicted molar refractivity (Wildman–Crippen MR) is 117 cm³/mol. The number of carbonyl (C=O) groups is 1. The highest BCUT2D eigenvalue weighted by atomic mass is 32.1. The first-order valence-electron chi connectivity index (χ1n) is 10.3. The molecule has 2 aliphatic rings. The number of aromatic nitrogens is 3. The Bertz CT molecular complexity index is 1050. The van der Waals surface area contributed by atoms with Crippen molar-refractivity contribution in [3.05, 3.63) is 40.5 Å². The fourth-order valence-corrected chi connectivity index (χ4v) is 5.25. The second kappa shape index (κ2) is 7.85. The van der Waals surface area contributed by atoms with E-state index in [1.807, 2.05) is 23.2 Å². The van der Waals surface area contributed by atoms with Crippen molar-refractivity contribution in [3.63, 3.8) is 0 Å². The van der Waals surface area contributed by atoms with Crippen LogP contribution in [0.1, 0.15) is 27.5 Å². The maximum Gasteiger partial charge on any atom is 0.282 e. The number of ether oxygens (including phenoxy) is 1. The largest absolute Gasteiger partial charge is 0.492 e. The Hall–Kier alpha value is -2.71. The number of benzene rings is 1. The molecule has 0 bridgehead atoms. The van der Waals surface area contributed by atoms with E-state index in [0.717, 1.165) is 65.4 Å². The van der Waals surface area contributed by atoms with Crippen LogP contribution in [0.15, 0.2) is 30.6 Å². The number of hydrogen-bond donors (Lipinski definition) is 1. The zero-order chi connectivity index (χ0) is 20.7. The molecule has 1 aromatic carbocycles. The highest BCUT2D eigenvalue weighted by molar-refractivity contribution is 7.14. The van der Waals surface area contributed by atoms with Gasteiger partial charge < -0.3 is 14.5 Å². The highest BCUT2D eigenvalue weighted by Crippen LogP contribution is 2.40. The molecule has 5 rings (SSSR count). The molecule has 0 spiro atoms. The minimum absolute atomic E-state index is 0.0581. The Balaban J connectivity index is 1.41. The van der Waals surface area contributed by atoms with Gasteiger partial charge in [0.25, 0.3) is 5.91 Å². The number of H-pyrrole nitrogens is 1. The van der Waals surface area contributed by atoms with Gasteiger partial charge in [-0.15, -0.1) is 11.3 Å². The maximum atomic E-state index is 13.1. The van der Waals surface area contributed by atoms with Crippen LogP contribution in [0, 0.1) is 0 Å². The van der Waals surface area contributed by atoms with E-state index < -0.39 is 0 Å². The fraction of sp³-hybridized carbons (Fsp3) is 0.409. The van der Waals surface area contributed by atoms with Gasteiger partial charge in [-0.2, -0.15) is 5.10 Å². The second-order valence-electron chi connectivity index (χ2n) is 8.07. The van der Waals surface area contributed by atoms with Crippen LogP contribution in [0.4, 0.5) is 0 Å². The second-order valence-corrected chi connectivity index (χ2v) is 9.16. The van der Waals surface area contributed by atoms with Gasteiger partial charge >= 0.3 is 0 Å². The van der Waals surface area contributed by atoms with Crippen LogP contribution < -0.4 is 4.74 Å². The van der Waals surface area contributed by atoms with Gasteiger partial charge in [0.2, 0.25) is 0 Å². The van der Waals surface area contributed by atoms with Crippen molar-refractivity contribution in [2.75, 3.05) is 33.8 Å². The number of hydrogen-bond acceptors (Lipinski definition) is 6. The van der Waals surface area contributed by atoms with Crippen LogP contribution in [0.5, 0.6) is 5.75 Å². The number of rotatable bonds is 3. The lowest BCUT2D eigenvalue weighted by Gasteiger charge is -2.34. The molecule has 1 amide bonds. The Labute approximate surface area is 179 Å². The first kappa shape index (κ1) is 19.3. The Morgan fingerprint density at radius 3 is 2.83 bits per heavy atom. The summed E-state index contributed by atoms with van der Waals surface area (Å²) in [4.78, 5) is 23.2. The molecule has 3 aromatic rings. The molecule has 1 fully saturated rings. The molecule has 7 nitrogen and oxygen atoms in total. The van der Waals surface area contributed by atoms with Gasteiger partial charge in [-0.1, -0.05) is 6.07 Å². The molecule has 8 heteroatoms. The molecule has 0 radical (unpaired) electrons. The normalized spacial score (nSPS) is 16.7. The summed E-state index contributed by atoms with van der Waals surface area (Å²) < 4.78 is 6.01. The molecule has 0 saturated carbocycles. The van der Waals surface area contributed by atoms with Gasteiger partial charge in [0.05, 0.1) is 18.5 Å². The smallest absolute Gasteiger partial charge is 0.282 e. The number of piperidine rings is 1. The Kier molecular flexibility index (Phi) is 5.04. The first-order valence-corrected chi connectivity index (χ1v) is 11.1. The average molecular weight is 424 g/mol. The summed E-state index contributed by atoms with van der Waals surface area (Å²) in [5, 5.41) is 7.46. The maximum absolute atomic E-state index is 13.1. The van der Waals surface area contributed by atoms with Gasteiger partial charge in [0.1, 0.15) is 5.75 Å². The van der Waals surface area contributed by atoms with E-state index >= 15 is 0 Å².